The highest BCUT2D eigenvalue weighted by molar-refractivity contribution is 6.02. The third-order valence-electron chi connectivity index (χ3n) is 3.86. The highest BCUT2D eigenvalue weighted by Crippen LogP contribution is 2.51. The van der Waals surface area contributed by atoms with E-state index in [2.05, 4.69) is 31.7 Å². The summed E-state index contributed by atoms with van der Waals surface area (Å²) in [5.41, 5.74) is 1.70. The molecular weight excluding hydrogens is 182 g/mol. The third-order valence-corrected chi connectivity index (χ3v) is 3.86. The van der Waals surface area contributed by atoms with E-state index in [0.717, 1.165) is 25.3 Å². The minimum Gasteiger partial charge on any atom is -0.289 e. The van der Waals surface area contributed by atoms with Crippen molar-refractivity contribution in [2.24, 2.45) is 16.3 Å². The van der Waals surface area contributed by atoms with Crippen molar-refractivity contribution in [3.63, 3.8) is 0 Å². The zero-order valence-corrected chi connectivity index (χ0v) is 9.71. The van der Waals surface area contributed by atoms with Gasteiger partial charge in [-0.05, 0) is 37.7 Å². The average Bonchev–Trinajstić information content (AvgIpc) is 2.74. The van der Waals surface area contributed by atoms with Crippen molar-refractivity contribution in [1.29, 1.82) is 0 Å². The second kappa shape index (κ2) is 4.34. The van der Waals surface area contributed by atoms with Gasteiger partial charge in [-0.15, -0.1) is 6.58 Å². The van der Waals surface area contributed by atoms with Crippen molar-refractivity contribution in [2.75, 3.05) is 6.54 Å². The van der Waals surface area contributed by atoms with E-state index in [4.69, 9.17) is 4.99 Å². The van der Waals surface area contributed by atoms with Crippen LogP contribution in [0.5, 0.6) is 0 Å². The van der Waals surface area contributed by atoms with E-state index in [1.54, 1.807) is 0 Å². The van der Waals surface area contributed by atoms with E-state index in [1.807, 2.05) is 0 Å². The molecule has 82 valence electrons. The van der Waals surface area contributed by atoms with Gasteiger partial charge in [-0.3, -0.25) is 4.99 Å². The summed E-state index contributed by atoms with van der Waals surface area (Å²) >= 11 is 0. The van der Waals surface area contributed by atoms with E-state index in [9.17, 15) is 0 Å². The zero-order valence-electron chi connectivity index (χ0n) is 9.71. The number of fused-ring (bicyclic) bond motifs is 1. The van der Waals surface area contributed by atoms with E-state index in [1.165, 1.54) is 25.0 Å². The SMILES string of the molecule is C=CC[C@]12CCC[C@H]1C=CC2=NCCC. The van der Waals surface area contributed by atoms with Gasteiger partial charge in [-0.25, -0.2) is 0 Å². The fourth-order valence-corrected chi connectivity index (χ4v) is 3.13. The fraction of sp³-hybridized carbons (Fsp3) is 0.643. The molecular formula is C14H21N. The molecule has 0 aromatic carbocycles. The quantitative estimate of drug-likeness (QED) is 0.617. The molecule has 0 amide bonds. The summed E-state index contributed by atoms with van der Waals surface area (Å²) < 4.78 is 0. The van der Waals surface area contributed by atoms with Crippen LogP contribution in [-0.4, -0.2) is 12.3 Å². The largest absolute Gasteiger partial charge is 0.289 e. The Labute approximate surface area is 93.0 Å². The predicted octanol–water partition coefficient (Wildman–Crippen LogP) is 3.77. The van der Waals surface area contributed by atoms with Gasteiger partial charge in [0.15, 0.2) is 0 Å². The monoisotopic (exact) mass is 203 g/mol. The Morgan fingerprint density at radius 2 is 2.53 bits per heavy atom. The Bertz CT molecular complexity index is 300. The first-order chi connectivity index (χ1) is 7.33. The summed E-state index contributed by atoms with van der Waals surface area (Å²) in [5.74, 6) is 0.742. The molecule has 0 aromatic heterocycles. The molecule has 2 aliphatic rings. The first-order valence-corrected chi connectivity index (χ1v) is 6.17. The van der Waals surface area contributed by atoms with Crippen LogP contribution in [0.3, 0.4) is 0 Å². The summed E-state index contributed by atoms with van der Waals surface area (Å²) in [6.45, 7) is 7.08. The number of aliphatic imine (C=N–C) groups is 1. The molecule has 0 unspecified atom stereocenters. The van der Waals surface area contributed by atoms with Crippen LogP contribution in [0.2, 0.25) is 0 Å². The van der Waals surface area contributed by atoms with Crippen LogP contribution in [0.4, 0.5) is 0 Å². The van der Waals surface area contributed by atoms with Crippen LogP contribution in [0.25, 0.3) is 0 Å². The van der Waals surface area contributed by atoms with Crippen LogP contribution in [-0.2, 0) is 0 Å². The number of rotatable bonds is 4. The van der Waals surface area contributed by atoms with Gasteiger partial charge >= 0.3 is 0 Å². The maximum Gasteiger partial charge on any atom is 0.0415 e. The standard InChI is InChI=1S/C14H21N/c1-3-9-14-10-5-6-12(14)7-8-13(14)15-11-4-2/h3,7-8,12H,1,4-6,9-11H2,2H3/t12-,14-/m0/s1. The van der Waals surface area contributed by atoms with Gasteiger partial charge in [0.25, 0.3) is 0 Å². The first kappa shape index (κ1) is 10.7. The lowest BCUT2D eigenvalue weighted by Gasteiger charge is -2.29. The summed E-state index contributed by atoms with van der Waals surface area (Å²) in [7, 11) is 0. The molecule has 2 rings (SSSR count). The normalized spacial score (nSPS) is 36.1. The van der Waals surface area contributed by atoms with E-state index in [-0.39, 0.29) is 0 Å². The maximum atomic E-state index is 4.76. The Balaban J connectivity index is 2.23. The smallest absolute Gasteiger partial charge is 0.0415 e. The Morgan fingerprint density at radius 1 is 1.67 bits per heavy atom. The average molecular weight is 203 g/mol. The van der Waals surface area contributed by atoms with Crippen LogP contribution in [0, 0.1) is 11.3 Å². The first-order valence-electron chi connectivity index (χ1n) is 6.17. The summed E-state index contributed by atoms with van der Waals surface area (Å²) in [6.07, 6.45) is 13.0. The van der Waals surface area contributed by atoms with Crippen molar-refractivity contribution in [1.82, 2.24) is 0 Å². The summed E-state index contributed by atoms with van der Waals surface area (Å²) in [4.78, 5) is 4.76. The highest BCUT2D eigenvalue weighted by atomic mass is 14.8. The topological polar surface area (TPSA) is 12.4 Å². The molecule has 0 spiro atoms. The van der Waals surface area contributed by atoms with Crippen LogP contribution in [0.1, 0.15) is 39.0 Å². The van der Waals surface area contributed by atoms with Gasteiger partial charge in [0, 0.05) is 17.7 Å². The molecule has 0 aliphatic heterocycles. The van der Waals surface area contributed by atoms with Crippen LogP contribution >= 0.6 is 0 Å². The van der Waals surface area contributed by atoms with Gasteiger partial charge in [-0.2, -0.15) is 0 Å². The van der Waals surface area contributed by atoms with Crippen molar-refractivity contribution in [3.8, 4) is 0 Å². The van der Waals surface area contributed by atoms with E-state index >= 15 is 0 Å². The molecule has 0 saturated heterocycles. The van der Waals surface area contributed by atoms with Gasteiger partial charge in [-0.1, -0.05) is 25.5 Å². The number of hydrogen-bond acceptors (Lipinski definition) is 1. The Hall–Kier alpha value is -0.850. The molecule has 1 heteroatoms. The molecule has 0 N–H and O–H groups in total. The van der Waals surface area contributed by atoms with Crippen molar-refractivity contribution < 1.29 is 0 Å². The Kier molecular flexibility index (Phi) is 3.08. The zero-order chi connectivity index (χ0) is 10.7. The van der Waals surface area contributed by atoms with E-state index < -0.39 is 0 Å². The number of hydrogen-bond donors (Lipinski definition) is 0. The Morgan fingerprint density at radius 3 is 3.27 bits per heavy atom. The summed E-state index contributed by atoms with van der Waals surface area (Å²) in [5, 5.41) is 0. The highest BCUT2D eigenvalue weighted by Gasteiger charge is 2.46. The maximum absolute atomic E-state index is 4.76. The van der Waals surface area contributed by atoms with Gasteiger partial charge in [0.1, 0.15) is 0 Å². The lowest BCUT2D eigenvalue weighted by Crippen LogP contribution is -2.28. The third kappa shape index (κ3) is 1.68. The van der Waals surface area contributed by atoms with Gasteiger partial charge in [0.05, 0.1) is 0 Å². The summed E-state index contributed by atoms with van der Waals surface area (Å²) in [6, 6.07) is 0. The molecule has 0 heterocycles. The van der Waals surface area contributed by atoms with Crippen LogP contribution < -0.4 is 0 Å². The molecule has 15 heavy (non-hydrogen) atoms. The second-order valence-corrected chi connectivity index (χ2v) is 4.77. The number of nitrogens with zero attached hydrogens (tertiary/aromatic N) is 1. The van der Waals surface area contributed by atoms with Gasteiger partial charge in [0.2, 0.25) is 0 Å². The molecule has 0 bridgehead atoms. The van der Waals surface area contributed by atoms with Crippen molar-refractivity contribution in [2.45, 2.75) is 39.0 Å². The molecule has 1 fully saturated rings. The second-order valence-electron chi connectivity index (χ2n) is 4.77. The molecule has 2 aliphatic carbocycles. The minimum atomic E-state index is 0.344. The lowest BCUT2D eigenvalue weighted by molar-refractivity contribution is 0.375. The van der Waals surface area contributed by atoms with E-state index in [0.29, 0.717) is 5.41 Å². The minimum absolute atomic E-state index is 0.344. The molecule has 0 aromatic rings. The molecule has 0 radical (unpaired) electrons. The molecule has 1 nitrogen and oxygen atoms in total. The lowest BCUT2D eigenvalue weighted by atomic mass is 9.75. The van der Waals surface area contributed by atoms with Crippen LogP contribution in [0.15, 0.2) is 29.8 Å². The van der Waals surface area contributed by atoms with Crippen molar-refractivity contribution in [3.05, 3.63) is 24.8 Å². The number of allylic oxidation sites excluding steroid dienone is 3. The fourth-order valence-electron chi connectivity index (χ4n) is 3.13. The molecule has 2 atom stereocenters. The van der Waals surface area contributed by atoms with Gasteiger partial charge < -0.3 is 0 Å². The molecule has 1 saturated carbocycles. The van der Waals surface area contributed by atoms with Crippen molar-refractivity contribution >= 4 is 5.71 Å². The predicted molar refractivity (Wildman–Crippen MR) is 66.3 cm³/mol.